The highest BCUT2D eigenvalue weighted by atomic mass is 16.6. The number of aliphatic hydroxyl groups excluding tert-OH is 1. The number of Topliss-reactive ketones (excluding diaryl/α,β-unsaturated/α-hetero) is 1. The summed E-state index contributed by atoms with van der Waals surface area (Å²) < 4.78 is 22.7. The van der Waals surface area contributed by atoms with Gasteiger partial charge >= 0.3 is 0 Å². The Morgan fingerprint density at radius 2 is 1.76 bits per heavy atom. The normalized spacial score (nSPS) is 17.9. The maximum Gasteiger partial charge on any atom is 0.295 e. The van der Waals surface area contributed by atoms with E-state index in [9.17, 15) is 14.7 Å². The summed E-state index contributed by atoms with van der Waals surface area (Å²) in [7, 11) is 0. The van der Waals surface area contributed by atoms with Crippen LogP contribution < -0.4 is 18.9 Å². The standard InChI is InChI=1S/C29H28N2O7/c1-3-35-21-9-7-19(14-23(21)36-4-2)26-25(27(32)20-8-10-22-24(15-20)38-13-12-37-22)28(33)29(34)31(26)17-18-6-5-11-30-16-18/h5-11,14-16,26,32H,3-4,12-13,17H2,1-2H3/t26-/m1/s1. The van der Waals surface area contributed by atoms with Crippen LogP contribution in [-0.4, -0.2) is 53.1 Å². The molecule has 0 bridgehead atoms. The number of pyridine rings is 1. The summed E-state index contributed by atoms with van der Waals surface area (Å²) >= 11 is 0. The Hall–Kier alpha value is -4.53. The molecule has 1 fully saturated rings. The van der Waals surface area contributed by atoms with Gasteiger partial charge in [0.2, 0.25) is 0 Å². The third-order valence-electron chi connectivity index (χ3n) is 6.31. The number of aliphatic hydroxyl groups is 1. The Morgan fingerprint density at radius 3 is 2.50 bits per heavy atom. The highest BCUT2D eigenvalue weighted by Crippen LogP contribution is 2.43. The summed E-state index contributed by atoms with van der Waals surface area (Å²) in [5.41, 5.74) is 1.66. The summed E-state index contributed by atoms with van der Waals surface area (Å²) in [4.78, 5) is 32.4. The number of nitrogens with zero attached hydrogens (tertiary/aromatic N) is 2. The summed E-state index contributed by atoms with van der Waals surface area (Å²) in [6.45, 7) is 5.51. The molecule has 0 radical (unpaired) electrons. The Kier molecular flexibility index (Phi) is 7.17. The van der Waals surface area contributed by atoms with Crippen LogP contribution in [0.1, 0.15) is 36.6 Å². The predicted octanol–water partition coefficient (Wildman–Crippen LogP) is 4.27. The first-order valence-corrected chi connectivity index (χ1v) is 12.5. The molecule has 1 amide bonds. The minimum absolute atomic E-state index is 0.0258. The summed E-state index contributed by atoms with van der Waals surface area (Å²) in [5.74, 6) is 0.247. The predicted molar refractivity (Wildman–Crippen MR) is 138 cm³/mol. The average molecular weight is 517 g/mol. The molecule has 1 aromatic heterocycles. The van der Waals surface area contributed by atoms with E-state index in [1.54, 1.807) is 54.9 Å². The van der Waals surface area contributed by atoms with E-state index >= 15 is 0 Å². The molecule has 1 atom stereocenters. The maximum absolute atomic E-state index is 13.4. The van der Waals surface area contributed by atoms with E-state index < -0.39 is 17.7 Å². The molecule has 0 unspecified atom stereocenters. The van der Waals surface area contributed by atoms with E-state index in [-0.39, 0.29) is 17.9 Å². The number of ether oxygens (including phenoxy) is 4. The quantitative estimate of drug-likeness (QED) is 0.269. The summed E-state index contributed by atoms with van der Waals surface area (Å²) in [6, 6.07) is 12.9. The van der Waals surface area contributed by atoms with Crippen LogP contribution in [0.2, 0.25) is 0 Å². The van der Waals surface area contributed by atoms with Gasteiger partial charge in [-0.2, -0.15) is 0 Å². The van der Waals surface area contributed by atoms with Gasteiger partial charge in [0.15, 0.2) is 23.0 Å². The Morgan fingerprint density at radius 1 is 1.00 bits per heavy atom. The zero-order valence-corrected chi connectivity index (χ0v) is 21.2. The van der Waals surface area contributed by atoms with Crippen molar-refractivity contribution < 1.29 is 33.6 Å². The number of amides is 1. The lowest BCUT2D eigenvalue weighted by Crippen LogP contribution is -2.29. The van der Waals surface area contributed by atoms with Crippen LogP contribution in [0.15, 0.2) is 66.5 Å². The fourth-order valence-electron chi connectivity index (χ4n) is 4.66. The molecule has 9 heteroatoms. The van der Waals surface area contributed by atoms with Gasteiger partial charge in [0, 0.05) is 24.5 Å². The molecule has 2 aliphatic heterocycles. The lowest BCUT2D eigenvalue weighted by molar-refractivity contribution is -0.140. The van der Waals surface area contributed by atoms with Crippen molar-refractivity contribution in [3.63, 3.8) is 0 Å². The van der Waals surface area contributed by atoms with Crippen LogP contribution in [-0.2, 0) is 16.1 Å². The second-order valence-corrected chi connectivity index (χ2v) is 8.72. The minimum atomic E-state index is -0.877. The number of rotatable bonds is 8. The van der Waals surface area contributed by atoms with Gasteiger partial charge in [-0.05, 0) is 61.4 Å². The zero-order valence-electron chi connectivity index (χ0n) is 21.2. The topological polar surface area (TPSA) is 107 Å². The van der Waals surface area contributed by atoms with Gasteiger partial charge in [0.25, 0.3) is 11.7 Å². The van der Waals surface area contributed by atoms with Gasteiger partial charge in [-0.15, -0.1) is 0 Å². The Labute approximate surface area is 220 Å². The second kappa shape index (κ2) is 10.8. The number of aromatic nitrogens is 1. The van der Waals surface area contributed by atoms with E-state index in [0.717, 1.165) is 5.56 Å². The molecule has 2 aromatic carbocycles. The van der Waals surface area contributed by atoms with Crippen LogP contribution in [0.4, 0.5) is 0 Å². The molecular weight excluding hydrogens is 488 g/mol. The molecule has 9 nitrogen and oxygen atoms in total. The Bertz CT molecular complexity index is 1390. The first-order valence-electron chi connectivity index (χ1n) is 12.5. The molecule has 3 aromatic rings. The fourth-order valence-corrected chi connectivity index (χ4v) is 4.66. The van der Waals surface area contributed by atoms with E-state index in [0.29, 0.717) is 60.6 Å². The number of likely N-dealkylation sites (tertiary alicyclic amines) is 1. The van der Waals surface area contributed by atoms with Crippen molar-refractivity contribution in [1.29, 1.82) is 0 Å². The summed E-state index contributed by atoms with van der Waals surface area (Å²) in [5, 5.41) is 11.5. The van der Waals surface area contributed by atoms with Gasteiger partial charge in [0.1, 0.15) is 19.0 Å². The number of carbonyl (C=O) groups is 2. The number of ketones is 1. The van der Waals surface area contributed by atoms with E-state index in [4.69, 9.17) is 18.9 Å². The van der Waals surface area contributed by atoms with Crippen LogP contribution in [0.3, 0.4) is 0 Å². The van der Waals surface area contributed by atoms with E-state index in [1.807, 2.05) is 19.9 Å². The molecule has 1 N–H and O–H groups in total. The van der Waals surface area contributed by atoms with Crippen LogP contribution in [0.5, 0.6) is 23.0 Å². The lowest BCUT2D eigenvalue weighted by atomic mass is 9.94. The van der Waals surface area contributed by atoms with Crippen LogP contribution >= 0.6 is 0 Å². The number of hydrogen-bond donors (Lipinski definition) is 1. The SMILES string of the molecule is CCOc1ccc([C@@H]2C(=C(O)c3ccc4c(c3)OCCO4)C(=O)C(=O)N2Cc2cccnc2)cc1OCC. The molecule has 0 saturated carbocycles. The third-order valence-corrected chi connectivity index (χ3v) is 6.31. The third kappa shape index (κ3) is 4.74. The van der Waals surface area contributed by atoms with E-state index in [2.05, 4.69) is 4.98 Å². The molecule has 1 saturated heterocycles. The number of benzene rings is 2. The molecular formula is C29H28N2O7. The molecule has 2 aliphatic rings. The van der Waals surface area contributed by atoms with Crippen molar-refractivity contribution in [3.8, 4) is 23.0 Å². The number of hydrogen-bond acceptors (Lipinski definition) is 8. The van der Waals surface area contributed by atoms with Crippen molar-refractivity contribution in [2.45, 2.75) is 26.4 Å². The second-order valence-electron chi connectivity index (χ2n) is 8.72. The Balaban J connectivity index is 1.65. The van der Waals surface area contributed by atoms with Gasteiger partial charge in [-0.25, -0.2) is 0 Å². The number of fused-ring (bicyclic) bond motifs is 1. The monoisotopic (exact) mass is 516 g/mol. The molecule has 0 aliphatic carbocycles. The van der Waals surface area contributed by atoms with Crippen molar-refractivity contribution in [1.82, 2.24) is 9.88 Å². The fraction of sp³-hybridized carbons (Fsp3) is 0.276. The lowest BCUT2D eigenvalue weighted by Gasteiger charge is -2.26. The van der Waals surface area contributed by atoms with Crippen molar-refractivity contribution in [2.75, 3.05) is 26.4 Å². The van der Waals surface area contributed by atoms with Crippen LogP contribution in [0, 0.1) is 0 Å². The largest absolute Gasteiger partial charge is 0.507 e. The smallest absolute Gasteiger partial charge is 0.295 e. The average Bonchev–Trinajstić information content (AvgIpc) is 3.19. The van der Waals surface area contributed by atoms with Crippen LogP contribution in [0.25, 0.3) is 5.76 Å². The maximum atomic E-state index is 13.4. The van der Waals surface area contributed by atoms with Gasteiger partial charge in [-0.3, -0.25) is 14.6 Å². The molecule has 5 rings (SSSR count). The van der Waals surface area contributed by atoms with E-state index in [1.165, 1.54) is 4.90 Å². The first-order chi connectivity index (χ1) is 18.5. The minimum Gasteiger partial charge on any atom is -0.507 e. The van der Waals surface area contributed by atoms with Gasteiger partial charge in [0.05, 0.1) is 24.8 Å². The van der Waals surface area contributed by atoms with Crippen molar-refractivity contribution in [3.05, 3.63) is 83.2 Å². The molecule has 0 spiro atoms. The highest BCUT2D eigenvalue weighted by Gasteiger charge is 2.46. The molecule has 38 heavy (non-hydrogen) atoms. The zero-order chi connectivity index (χ0) is 26.6. The van der Waals surface area contributed by atoms with Gasteiger partial charge in [-0.1, -0.05) is 12.1 Å². The summed E-state index contributed by atoms with van der Waals surface area (Å²) in [6.07, 6.45) is 3.28. The first kappa shape index (κ1) is 25.1. The van der Waals surface area contributed by atoms with Crippen molar-refractivity contribution >= 4 is 17.4 Å². The van der Waals surface area contributed by atoms with Gasteiger partial charge < -0.3 is 29.0 Å². The number of carbonyl (C=O) groups excluding carboxylic acids is 2. The highest BCUT2D eigenvalue weighted by molar-refractivity contribution is 6.46. The molecule has 196 valence electrons. The molecule has 3 heterocycles. The van der Waals surface area contributed by atoms with Crippen molar-refractivity contribution in [2.24, 2.45) is 0 Å².